The molecule has 0 unspecified atom stereocenters. The first-order chi connectivity index (χ1) is 3.41. The summed E-state index contributed by atoms with van der Waals surface area (Å²) in [6.07, 6.45) is 2.58. The van der Waals surface area contributed by atoms with Gasteiger partial charge in [-0.25, -0.2) is 0 Å². The summed E-state index contributed by atoms with van der Waals surface area (Å²) in [6, 6.07) is 0. The molecule has 0 aromatic carbocycles. The number of nitriles is 2. The third-order valence-corrected chi connectivity index (χ3v) is 0.428. The number of rotatable bonds is 2. The fourth-order valence-electron chi connectivity index (χ4n) is 0.0474. The first kappa shape index (κ1) is 10.4. The quantitative estimate of drug-likeness (QED) is 0.342. The molecule has 0 spiro atoms. The Bertz CT molecular complexity index is 102. The molecule has 0 amide bonds. The van der Waals surface area contributed by atoms with Crippen LogP contribution in [0.3, 0.4) is 0 Å². The van der Waals surface area contributed by atoms with Crippen molar-refractivity contribution in [1.29, 1.82) is 10.5 Å². The summed E-state index contributed by atoms with van der Waals surface area (Å²) in [5.74, 6) is 0. The van der Waals surface area contributed by atoms with Crippen LogP contribution < -0.4 is 0 Å². The van der Waals surface area contributed by atoms with E-state index in [-0.39, 0.29) is 17.4 Å². The topological polar surface area (TPSA) is 66.0 Å². The molecule has 0 saturated carbocycles. The predicted molar refractivity (Wildman–Crippen MR) is 21.0 cm³/mol. The molecule has 0 saturated heterocycles. The van der Waals surface area contributed by atoms with Crippen molar-refractivity contribution in [1.82, 2.24) is 0 Å². The molecule has 0 N–H and O–H groups in total. The van der Waals surface area contributed by atoms with Gasteiger partial charge in [0.2, 0.25) is 0 Å². The van der Waals surface area contributed by atoms with Crippen molar-refractivity contribution in [2.45, 2.75) is 0 Å². The van der Waals surface area contributed by atoms with E-state index in [0.717, 1.165) is 0 Å². The van der Waals surface area contributed by atoms with Crippen LogP contribution in [0.15, 0.2) is 0 Å². The summed E-state index contributed by atoms with van der Waals surface area (Å²) in [5.41, 5.74) is 0. The third kappa shape index (κ3) is 9.07. The molecule has 0 heterocycles. The van der Waals surface area contributed by atoms with Crippen LogP contribution in [-0.2, 0) is 25.7 Å². The molecule has 1 radical (unpaired) electrons. The molecule has 0 bridgehead atoms. The van der Waals surface area contributed by atoms with Crippen molar-refractivity contribution >= 4 is 12.3 Å². The Morgan fingerprint density at radius 2 is 1.50 bits per heavy atom. The van der Waals surface area contributed by atoms with E-state index in [0.29, 0.717) is 12.3 Å². The van der Waals surface area contributed by atoms with Crippen LogP contribution in [0.1, 0.15) is 0 Å². The van der Waals surface area contributed by atoms with Crippen molar-refractivity contribution in [2.24, 2.45) is 0 Å². The fraction of sp³-hybridized carbons (Fsp3) is 0. The Morgan fingerprint density at radius 1 is 1.12 bits per heavy atom. The van der Waals surface area contributed by atoms with Gasteiger partial charge >= 0.3 is 42.2 Å². The first-order valence-electron chi connectivity index (χ1n) is 1.19. The standard InChI is InChI=1S/C2N2O2S.Cr/c3-1-5-7-6-2-4;/q;+3. The van der Waals surface area contributed by atoms with Gasteiger partial charge in [-0.1, -0.05) is 0 Å². The van der Waals surface area contributed by atoms with E-state index in [9.17, 15) is 0 Å². The van der Waals surface area contributed by atoms with E-state index in [1.807, 2.05) is 0 Å². The minimum Gasteiger partial charge on any atom is -0.311 e. The summed E-state index contributed by atoms with van der Waals surface area (Å²) >= 11 is 0.331. The predicted octanol–water partition coefficient (Wildman–Crippen LogP) is 0.542. The van der Waals surface area contributed by atoms with Crippen LogP contribution in [0.2, 0.25) is 0 Å². The van der Waals surface area contributed by atoms with E-state index in [2.05, 4.69) is 8.37 Å². The normalized spacial score (nSPS) is 4.75. The minimum atomic E-state index is 0. The number of hydrogen-bond donors (Lipinski definition) is 0. The number of nitrogens with zero attached hydrogens (tertiary/aromatic N) is 2. The molecule has 4 nitrogen and oxygen atoms in total. The van der Waals surface area contributed by atoms with E-state index >= 15 is 0 Å². The Kier molecular flexibility index (Phi) is 12.6. The molecule has 39 valence electrons. The van der Waals surface area contributed by atoms with Crippen molar-refractivity contribution in [3.05, 3.63) is 0 Å². The zero-order valence-electron chi connectivity index (χ0n) is 3.53. The maximum Gasteiger partial charge on any atom is 3.00 e. The van der Waals surface area contributed by atoms with Crippen molar-refractivity contribution < 1.29 is 25.7 Å². The monoisotopic (exact) mass is 168 g/mol. The molecule has 0 aliphatic heterocycles. The maximum atomic E-state index is 7.61. The maximum absolute atomic E-state index is 7.61. The first-order valence-corrected chi connectivity index (χ1v) is 1.86. The van der Waals surface area contributed by atoms with E-state index in [4.69, 9.17) is 10.5 Å². The van der Waals surface area contributed by atoms with Gasteiger partial charge in [0.25, 0.3) is 0 Å². The minimum absolute atomic E-state index is 0. The van der Waals surface area contributed by atoms with E-state index in [1.54, 1.807) is 0 Å². The van der Waals surface area contributed by atoms with E-state index < -0.39 is 0 Å². The molecule has 6 heteroatoms. The average Bonchev–Trinajstić information content (AvgIpc) is 1.69. The van der Waals surface area contributed by atoms with Crippen LogP contribution in [-0.4, -0.2) is 0 Å². The molecule has 0 aromatic rings. The molecular formula is C2CrN2O2S+3. The molecule has 0 aliphatic carbocycles. The van der Waals surface area contributed by atoms with Crippen LogP contribution in [0, 0.1) is 23.0 Å². The van der Waals surface area contributed by atoms with Gasteiger partial charge in [-0.05, 0) is 0 Å². The van der Waals surface area contributed by atoms with Crippen molar-refractivity contribution in [2.75, 3.05) is 0 Å². The fourth-order valence-corrected chi connectivity index (χ4v) is 0.142. The summed E-state index contributed by atoms with van der Waals surface area (Å²) in [4.78, 5) is 0. The zero-order chi connectivity index (χ0) is 5.54. The number of hydrogen-bond acceptors (Lipinski definition) is 5. The van der Waals surface area contributed by atoms with Gasteiger partial charge in [0, 0.05) is 0 Å². The smallest absolute Gasteiger partial charge is 0.311 e. The second-order valence-electron chi connectivity index (χ2n) is 0.417. The summed E-state index contributed by atoms with van der Waals surface area (Å²) in [7, 11) is 0. The Balaban J connectivity index is 0. The van der Waals surface area contributed by atoms with Crippen molar-refractivity contribution in [3.8, 4) is 12.5 Å². The SMILES string of the molecule is N#COSOC#N.[Cr+3]. The molecule has 0 fully saturated rings. The van der Waals surface area contributed by atoms with Crippen LogP contribution in [0.4, 0.5) is 0 Å². The third-order valence-electron chi connectivity index (χ3n) is 0.143. The Labute approximate surface area is 61.5 Å². The van der Waals surface area contributed by atoms with Gasteiger partial charge in [-0.15, -0.1) is 10.5 Å². The largest absolute Gasteiger partial charge is 3.00 e. The Morgan fingerprint density at radius 3 is 1.75 bits per heavy atom. The van der Waals surface area contributed by atoms with Gasteiger partial charge in [-0.3, -0.25) is 0 Å². The second-order valence-corrected chi connectivity index (χ2v) is 0.887. The molecule has 0 aromatic heterocycles. The summed E-state index contributed by atoms with van der Waals surface area (Å²) < 4.78 is 7.70. The van der Waals surface area contributed by atoms with Gasteiger partial charge in [0.1, 0.15) is 0 Å². The van der Waals surface area contributed by atoms with Gasteiger partial charge in [-0.2, -0.15) is 0 Å². The van der Waals surface area contributed by atoms with Gasteiger partial charge in [0.15, 0.2) is 0 Å². The van der Waals surface area contributed by atoms with Crippen LogP contribution >= 0.6 is 12.3 Å². The van der Waals surface area contributed by atoms with Crippen LogP contribution in [0.5, 0.6) is 0 Å². The average molecular weight is 168 g/mol. The van der Waals surface area contributed by atoms with E-state index in [1.165, 1.54) is 12.5 Å². The van der Waals surface area contributed by atoms with Crippen molar-refractivity contribution in [3.63, 3.8) is 0 Å². The summed E-state index contributed by atoms with van der Waals surface area (Å²) in [5, 5.41) is 15.2. The van der Waals surface area contributed by atoms with Gasteiger partial charge < -0.3 is 8.37 Å². The van der Waals surface area contributed by atoms with Crippen LogP contribution in [0.25, 0.3) is 0 Å². The Hall–Kier alpha value is -0.538. The molecule has 8 heavy (non-hydrogen) atoms. The van der Waals surface area contributed by atoms with Gasteiger partial charge in [0.05, 0.1) is 0 Å². The molecule has 0 atom stereocenters. The molecular weight excluding hydrogens is 168 g/mol. The second kappa shape index (κ2) is 9.68. The zero-order valence-corrected chi connectivity index (χ0v) is 5.62. The molecule has 0 rings (SSSR count). The molecule has 0 aliphatic rings. The summed E-state index contributed by atoms with van der Waals surface area (Å²) in [6.45, 7) is 0.